The van der Waals surface area contributed by atoms with Crippen LogP contribution in [0.1, 0.15) is 46.0 Å². The van der Waals surface area contributed by atoms with Crippen LogP contribution in [0.2, 0.25) is 0 Å². The molecule has 10 atom stereocenters. The number of aliphatic hydroxyl groups excluding tert-OH is 2. The number of nitrogens with two attached hydrogens (primary N) is 1. The van der Waals surface area contributed by atoms with Crippen LogP contribution in [0.15, 0.2) is 23.8 Å². The number of alkyl halides is 1. The minimum Gasteiger partial charge on any atom is -0.456 e. The number of ketones is 2. The zero-order chi connectivity index (χ0) is 36.5. The van der Waals surface area contributed by atoms with Gasteiger partial charge in [-0.2, -0.15) is 0 Å². The number of allylic oxidation sites excluding steroid dienone is 4. The quantitative estimate of drug-likeness (QED) is 0.104. The normalized spacial score (nSPS) is 35.7. The van der Waals surface area contributed by atoms with Gasteiger partial charge in [-0.05, 0) is 50.7 Å². The topological polar surface area (TPSA) is 287 Å². The maximum absolute atomic E-state index is 17.2. The second-order valence-electron chi connectivity index (χ2n) is 13.1. The lowest BCUT2D eigenvalue weighted by Crippen LogP contribution is -2.69. The highest BCUT2D eigenvalue weighted by Gasteiger charge is 2.76. The fourth-order valence-electron chi connectivity index (χ4n) is 8.06. The van der Waals surface area contributed by atoms with E-state index in [-0.39, 0.29) is 18.6 Å². The SMILES string of the molecule is C[C@]12C=CC(=O)C=C1CCC1C3C[C@@H](O)[C@](O)(C(=O)COC(=O)C(N)COC(=O)OCCC(CO[N+](=O)[O-])O[N+](=O)[O-])[C@@]3(C)C[C@H](O)[C@@]12F. The Morgan fingerprint density at radius 2 is 1.78 bits per heavy atom. The number of aliphatic hydroxyl groups is 3. The minimum absolute atomic E-state index is 0.183. The van der Waals surface area contributed by atoms with Crippen molar-refractivity contribution in [2.24, 2.45) is 28.4 Å². The third-order valence-corrected chi connectivity index (χ3v) is 10.6. The van der Waals surface area contributed by atoms with E-state index in [1.165, 1.54) is 25.2 Å². The number of esters is 1. The van der Waals surface area contributed by atoms with Gasteiger partial charge in [0.25, 0.3) is 10.2 Å². The summed E-state index contributed by atoms with van der Waals surface area (Å²) in [5.41, 5.74) is -1.51. The Balaban J connectivity index is 1.32. The third-order valence-electron chi connectivity index (χ3n) is 10.6. The van der Waals surface area contributed by atoms with Crippen molar-refractivity contribution in [3.8, 4) is 0 Å². The van der Waals surface area contributed by atoms with Crippen molar-refractivity contribution in [3.05, 3.63) is 44.0 Å². The second-order valence-corrected chi connectivity index (χ2v) is 13.1. The average Bonchev–Trinajstić information content (AvgIpc) is 3.23. The Labute approximate surface area is 277 Å². The zero-order valence-corrected chi connectivity index (χ0v) is 26.6. The molecule has 4 aliphatic rings. The van der Waals surface area contributed by atoms with E-state index in [0.717, 1.165) is 0 Å². The van der Waals surface area contributed by atoms with Crippen molar-refractivity contribution in [2.75, 3.05) is 26.4 Å². The first-order valence-electron chi connectivity index (χ1n) is 15.4. The Morgan fingerprint density at radius 1 is 1.08 bits per heavy atom. The van der Waals surface area contributed by atoms with Gasteiger partial charge < -0.3 is 44.9 Å². The first-order chi connectivity index (χ1) is 22.8. The van der Waals surface area contributed by atoms with Crippen LogP contribution in [-0.4, -0.2) is 111 Å². The molecule has 5 N–H and O–H groups in total. The molecule has 272 valence electrons. The van der Waals surface area contributed by atoms with Crippen LogP contribution >= 0.6 is 0 Å². The molecule has 0 aromatic rings. The molecular weight excluding hydrogens is 665 g/mol. The third kappa shape index (κ3) is 6.69. The molecule has 0 bridgehead atoms. The van der Waals surface area contributed by atoms with Gasteiger partial charge >= 0.3 is 12.1 Å². The van der Waals surface area contributed by atoms with E-state index in [1.807, 2.05) is 0 Å². The Bertz CT molecular complexity index is 1440. The summed E-state index contributed by atoms with van der Waals surface area (Å²) in [5.74, 6) is -4.36. The highest BCUT2D eigenvalue weighted by Crippen LogP contribution is 2.69. The van der Waals surface area contributed by atoms with Crippen LogP contribution in [0.3, 0.4) is 0 Å². The van der Waals surface area contributed by atoms with Gasteiger partial charge in [0.15, 0.2) is 23.7 Å². The molecule has 0 radical (unpaired) electrons. The molecule has 0 saturated heterocycles. The fourth-order valence-corrected chi connectivity index (χ4v) is 8.06. The molecular formula is C29H38FN3O16. The van der Waals surface area contributed by atoms with Crippen LogP contribution in [0.5, 0.6) is 0 Å². The molecule has 0 spiro atoms. The standard InChI is InChI=1S/C29H38FN3O16/c1-26-7-5-16(34)9-15(26)3-4-18-19-10-21(35)29(40,27(19,2)11-22(36)28(18,26)30)23(37)14-46-24(38)20(31)13-47-25(39)45-8-6-17(49-33(43)44)12-48-32(41)42/h5,7,9,17-22,35-36,40H,3-4,6,8,10-14,31H2,1-2H3/t17?,18?,19?,20?,21-,22+,26+,27+,28+,29+/m1/s1. The van der Waals surface area contributed by atoms with Crippen molar-refractivity contribution >= 4 is 23.7 Å². The largest absolute Gasteiger partial charge is 0.508 e. The average molecular weight is 704 g/mol. The molecule has 4 aliphatic carbocycles. The number of ether oxygens (including phenoxy) is 3. The molecule has 0 amide bonds. The molecule has 3 saturated carbocycles. The predicted octanol–water partition coefficient (Wildman–Crippen LogP) is -0.173. The number of nitrogens with zero attached hydrogens (tertiary/aromatic N) is 2. The summed E-state index contributed by atoms with van der Waals surface area (Å²) in [5, 5.41) is 52.5. The van der Waals surface area contributed by atoms with E-state index in [0.29, 0.717) is 12.0 Å². The summed E-state index contributed by atoms with van der Waals surface area (Å²) in [6.07, 6.45) is -2.72. The first-order valence-corrected chi connectivity index (χ1v) is 15.4. The van der Waals surface area contributed by atoms with E-state index in [4.69, 9.17) is 10.5 Å². The molecule has 49 heavy (non-hydrogen) atoms. The molecule has 0 aromatic heterocycles. The van der Waals surface area contributed by atoms with Gasteiger partial charge in [0.05, 0.1) is 18.8 Å². The number of hydrogen-bond acceptors (Lipinski definition) is 17. The number of rotatable bonds is 14. The summed E-state index contributed by atoms with van der Waals surface area (Å²) < 4.78 is 31.5. The van der Waals surface area contributed by atoms with Gasteiger partial charge in [-0.3, -0.25) is 14.4 Å². The first kappa shape index (κ1) is 37.5. The number of hydrogen-bond donors (Lipinski definition) is 4. The summed E-state index contributed by atoms with van der Waals surface area (Å²) in [6.45, 7) is -0.232. The van der Waals surface area contributed by atoms with Crippen LogP contribution in [0, 0.1) is 42.9 Å². The van der Waals surface area contributed by atoms with Crippen LogP contribution in [0.25, 0.3) is 0 Å². The summed E-state index contributed by atoms with van der Waals surface area (Å²) in [4.78, 5) is 78.8. The Hall–Kier alpha value is -4.27. The molecule has 4 rings (SSSR count). The molecule has 0 aliphatic heterocycles. The Kier molecular flexibility index (Phi) is 10.7. The van der Waals surface area contributed by atoms with Crippen LogP contribution in [-0.2, 0) is 38.3 Å². The van der Waals surface area contributed by atoms with Gasteiger partial charge in [0.2, 0.25) is 5.78 Å². The lowest BCUT2D eigenvalue weighted by Gasteiger charge is -2.62. The van der Waals surface area contributed by atoms with Gasteiger partial charge in [-0.1, -0.05) is 18.6 Å². The van der Waals surface area contributed by atoms with Gasteiger partial charge in [0, 0.05) is 23.2 Å². The summed E-state index contributed by atoms with van der Waals surface area (Å²) in [6, 6.07) is -1.66. The van der Waals surface area contributed by atoms with E-state index >= 15 is 4.39 Å². The number of Topliss-reactive ketones (excluding diaryl/α,β-unsaturated/α-hetero) is 1. The summed E-state index contributed by atoms with van der Waals surface area (Å²) in [7, 11) is 0. The molecule has 19 nitrogen and oxygen atoms in total. The van der Waals surface area contributed by atoms with E-state index in [1.54, 1.807) is 6.92 Å². The van der Waals surface area contributed by atoms with Crippen molar-refractivity contribution in [1.29, 1.82) is 0 Å². The maximum Gasteiger partial charge on any atom is 0.508 e. The maximum atomic E-state index is 17.2. The molecule has 3 fully saturated rings. The minimum atomic E-state index is -2.55. The molecule has 4 unspecified atom stereocenters. The van der Waals surface area contributed by atoms with Crippen LogP contribution in [0.4, 0.5) is 9.18 Å². The number of halogens is 1. The monoisotopic (exact) mass is 703 g/mol. The van der Waals surface area contributed by atoms with Gasteiger partial charge in [-0.25, -0.2) is 9.18 Å². The smallest absolute Gasteiger partial charge is 0.456 e. The lowest BCUT2D eigenvalue weighted by molar-refractivity contribution is -0.790. The number of carbonyl (C=O) groups excluding carboxylic acids is 4. The zero-order valence-electron chi connectivity index (χ0n) is 26.6. The lowest BCUT2D eigenvalue weighted by atomic mass is 9.44. The second kappa shape index (κ2) is 13.9. The molecule has 0 aromatic carbocycles. The van der Waals surface area contributed by atoms with E-state index in [9.17, 15) is 54.7 Å². The van der Waals surface area contributed by atoms with Gasteiger partial charge in [0.1, 0.15) is 25.4 Å². The van der Waals surface area contributed by atoms with Crippen LogP contribution < -0.4 is 5.73 Å². The molecule has 0 heterocycles. The highest BCUT2D eigenvalue weighted by molar-refractivity contribution is 6.01. The van der Waals surface area contributed by atoms with Crippen molar-refractivity contribution in [2.45, 2.75) is 81.6 Å². The Morgan fingerprint density at radius 3 is 2.43 bits per heavy atom. The summed E-state index contributed by atoms with van der Waals surface area (Å²) >= 11 is 0. The molecule has 20 heteroatoms. The van der Waals surface area contributed by atoms with Gasteiger partial charge in [-0.15, -0.1) is 20.2 Å². The predicted molar refractivity (Wildman–Crippen MR) is 155 cm³/mol. The van der Waals surface area contributed by atoms with E-state index in [2.05, 4.69) is 19.1 Å². The highest BCUT2D eigenvalue weighted by atomic mass is 19.1. The van der Waals surface area contributed by atoms with Crippen molar-refractivity contribution in [3.63, 3.8) is 0 Å². The van der Waals surface area contributed by atoms with Crippen molar-refractivity contribution < 1.29 is 72.9 Å². The number of fused-ring (bicyclic) bond motifs is 5. The van der Waals surface area contributed by atoms with Crippen molar-refractivity contribution in [1.82, 2.24) is 0 Å². The fraction of sp³-hybridized carbons (Fsp3) is 0.724. The van der Waals surface area contributed by atoms with E-state index < -0.39 is 126 Å². The number of carbonyl (C=O) groups is 4.